The molecule has 132 valence electrons. The van der Waals surface area contributed by atoms with Crippen molar-refractivity contribution in [2.75, 3.05) is 6.54 Å². The van der Waals surface area contributed by atoms with E-state index in [1.165, 1.54) is 11.8 Å². The third kappa shape index (κ3) is 4.23. The second-order valence-electron chi connectivity index (χ2n) is 5.67. The highest BCUT2D eigenvalue weighted by Crippen LogP contribution is 2.34. The second kappa shape index (κ2) is 8.34. The van der Waals surface area contributed by atoms with Gasteiger partial charge in [0.05, 0.1) is 4.91 Å². The molecule has 6 heteroatoms. The fourth-order valence-electron chi connectivity index (χ4n) is 2.49. The summed E-state index contributed by atoms with van der Waals surface area (Å²) in [5, 5.41) is 0.938. The van der Waals surface area contributed by atoms with E-state index in [0.717, 1.165) is 11.1 Å². The molecule has 2 heterocycles. The normalized spacial score (nSPS) is 18.2. The molecule has 26 heavy (non-hydrogen) atoms. The number of aliphatic imine (C=N–C) groups is 1. The standard InChI is InChI=1S/C20H18ClN3OS/c1-3-24-19(25)17(13-14(2)12-15-8-5-4-6-9-15)26-20(24)23-16-10-7-11-22-18(16)21/h4-13H,3H2,1-2H3/b14-12+,17-13-,23-20?. The van der Waals surface area contributed by atoms with Crippen molar-refractivity contribution < 1.29 is 4.79 Å². The van der Waals surface area contributed by atoms with E-state index in [4.69, 9.17) is 11.6 Å². The van der Waals surface area contributed by atoms with Crippen molar-refractivity contribution in [3.05, 3.63) is 75.9 Å². The Morgan fingerprint density at radius 3 is 2.73 bits per heavy atom. The first-order valence-corrected chi connectivity index (χ1v) is 9.42. The molecule has 0 spiro atoms. The Labute approximate surface area is 162 Å². The van der Waals surface area contributed by atoms with Gasteiger partial charge in [-0.25, -0.2) is 9.98 Å². The molecule has 1 fully saturated rings. The summed E-state index contributed by atoms with van der Waals surface area (Å²) in [6, 6.07) is 13.6. The molecule has 1 saturated heterocycles. The molecule has 1 amide bonds. The fraction of sp³-hybridized carbons (Fsp3) is 0.150. The zero-order valence-electron chi connectivity index (χ0n) is 14.5. The van der Waals surface area contributed by atoms with Crippen LogP contribution in [0.1, 0.15) is 19.4 Å². The van der Waals surface area contributed by atoms with Gasteiger partial charge < -0.3 is 0 Å². The number of amides is 1. The summed E-state index contributed by atoms with van der Waals surface area (Å²) in [5.41, 5.74) is 2.66. The lowest BCUT2D eigenvalue weighted by atomic mass is 10.1. The van der Waals surface area contributed by atoms with Gasteiger partial charge in [-0.3, -0.25) is 9.69 Å². The predicted octanol–water partition coefficient (Wildman–Crippen LogP) is 5.31. The van der Waals surface area contributed by atoms with Crippen LogP contribution < -0.4 is 0 Å². The summed E-state index contributed by atoms with van der Waals surface area (Å²) < 4.78 is 0. The Hall–Kier alpha value is -2.37. The number of hydrogen-bond acceptors (Lipinski definition) is 4. The van der Waals surface area contributed by atoms with Crippen molar-refractivity contribution in [1.29, 1.82) is 0 Å². The minimum Gasteiger partial charge on any atom is -0.287 e. The lowest BCUT2D eigenvalue weighted by Gasteiger charge is -2.12. The maximum Gasteiger partial charge on any atom is 0.266 e. The maximum absolute atomic E-state index is 12.7. The molecule has 1 aliphatic rings. The van der Waals surface area contributed by atoms with E-state index < -0.39 is 0 Å². The van der Waals surface area contributed by atoms with Crippen LogP contribution in [0.2, 0.25) is 5.15 Å². The monoisotopic (exact) mass is 383 g/mol. The topological polar surface area (TPSA) is 45.6 Å². The Morgan fingerprint density at radius 2 is 2.04 bits per heavy atom. The first-order chi connectivity index (χ1) is 12.6. The number of amidine groups is 1. The summed E-state index contributed by atoms with van der Waals surface area (Å²) >= 11 is 7.44. The smallest absolute Gasteiger partial charge is 0.266 e. The van der Waals surface area contributed by atoms with Crippen LogP contribution in [0.3, 0.4) is 0 Å². The lowest BCUT2D eigenvalue weighted by Crippen LogP contribution is -2.28. The van der Waals surface area contributed by atoms with Crippen LogP contribution in [-0.2, 0) is 4.79 Å². The van der Waals surface area contributed by atoms with Crippen LogP contribution in [0.15, 0.2) is 70.2 Å². The number of pyridine rings is 1. The zero-order chi connectivity index (χ0) is 18.5. The van der Waals surface area contributed by atoms with Crippen LogP contribution in [0.25, 0.3) is 6.08 Å². The van der Waals surface area contributed by atoms with Gasteiger partial charge in [0.1, 0.15) is 5.69 Å². The number of carbonyl (C=O) groups is 1. The number of benzene rings is 1. The molecular formula is C20H18ClN3OS. The SMILES string of the molecule is CCN1C(=O)/C(=C/C(C)=C/c2ccccc2)SC1=Nc1cccnc1Cl. The third-order valence-electron chi connectivity index (χ3n) is 3.71. The minimum atomic E-state index is -0.0444. The predicted molar refractivity (Wildman–Crippen MR) is 109 cm³/mol. The Kier molecular flexibility index (Phi) is 5.91. The summed E-state index contributed by atoms with van der Waals surface area (Å²) in [6.07, 6.45) is 5.56. The number of aromatic nitrogens is 1. The van der Waals surface area contributed by atoms with Crippen molar-refractivity contribution in [1.82, 2.24) is 9.88 Å². The van der Waals surface area contributed by atoms with E-state index in [0.29, 0.717) is 27.5 Å². The highest BCUT2D eigenvalue weighted by molar-refractivity contribution is 8.18. The Balaban J connectivity index is 1.90. The van der Waals surface area contributed by atoms with Crippen LogP contribution >= 0.6 is 23.4 Å². The number of thioether (sulfide) groups is 1. The van der Waals surface area contributed by atoms with Gasteiger partial charge in [-0.1, -0.05) is 48.0 Å². The third-order valence-corrected chi connectivity index (χ3v) is 5.01. The molecule has 2 aromatic rings. The van der Waals surface area contributed by atoms with Crippen LogP contribution in [0.4, 0.5) is 5.69 Å². The van der Waals surface area contributed by atoms with Crippen molar-refractivity contribution in [3.63, 3.8) is 0 Å². The van der Waals surface area contributed by atoms with Gasteiger partial charge in [-0.2, -0.15) is 0 Å². The number of nitrogens with zero attached hydrogens (tertiary/aromatic N) is 3. The molecule has 0 N–H and O–H groups in total. The van der Waals surface area contributed by atoms with E-state index in [9.17, 15) is 4.79 Å². The average molecular weight is 384 g/mol. The number of allylic oxidation sites excluding steroid dienone is 2. The summed E-state index contributed by atoms with van der Waals surface area (Å²) in [5.74, 6) is -0.0444. The van der Waals surface area contributed by atoms with E-state index in [1.54, 1.807) is 23.2 Å². The van der Waals surface area contributed by atoms with Gasteiger partial charge in [0.25, 0.3) is 5.91 Å². The molecule has 1 aromatic heterocycles. The molecule has 0 saturated carbocycles. The number of hydrogen-bond donors (Lipinski definition) is 0. The number of carbonyl (C=O) groups excluding carboxylic acids is 1. The first-order valence-electron chi connectivity index (χ1n) is 8.22. The fourth-order valence-corrected chi connectivity index (χ4v) is 3.76. The molecule has 0 unspecified atom stereocenters. The van der Waals surface area contributed by atoms with Crippen molar-refractivity contribution in [3.8, 4) is 0 Å². The second-order valence-corrected chi connectivity index (χ2v) is 7.03. The van der Waals surface area contributed by atoms with Crippen molar-refractivity contribution >= 4 is 46.2 Å². The lowest BCUT2D eigenvalue weighted by molar-refractivity contribution is -0.122. The average Bonchev–Trinajstić information content (AvgIpc) is 2.92. The summed E-state index contributed by atoms with van der Waals surface area (Å²) in [6.45, 7) is 4.45. The van der Waals surface area contributed by atoms with Crippen LogP contribution in [-0.4, -0.2) is 27.5 Å². The van der Waals surface area contributed by atoms with Crippen molar-refractivity contribution in [2.24, 2.45) is 4.99 Å². The highest BCUT2D eigenvalue weighted by Gasteiger charge is 2.32. The number of likely N-dealkylation sites (N-methyl/N-ethyl adjacent to an activating group) is 1. The van der Waals surface area contributed by atoms with E-state index in [1.807, 2.05) is 56.3 Å². The molecule has 1 aliphatic heterocycles. The number of halogens is 1. The molecule has 0 bridgehead atoms. The van der Waals surface area contributed by atoms with Gasteiger partial charge >= 0.3 is 0 Å². The van der Waals surface area contributed by atoms with Gasteiger partial charge in [-0.15, -0.1) is 0 Å². The minimum absolute atomic E-state index is 0.0444. The summed E-state index contributed by atoms with van der Waals surface area (Å²) in [4.78, 5) is 23.5. The van der Waals surface area contributed by atoms with Gasteiger partial charge in [0, 0.05) is 12.7 Å². The van der Waals surface area contributed by atoms with Gasteiger partial charge in [0.15, 0.2) is 10.3 Å². The molecule has 4 nitrogen and oxygen atoms in total. The molecule has 3 rings (SSSR count). The van der Waals surface area contributed by atoms with E-state index >= 15 is 0 Å². The van der Waals surface area contributed by atoms with Crippen molar-refractivity contribution in [2.45, 2.75) is 13.8 Å². The van der Waals surface area contributed by atoms with Crippen LogP contribution in [0.5, 0.6) is 0 Å². The molecule has 0 radical (unpaired) electrons. The summed E-state index contributed by atoms with van der Waals surface area (Å²) in [7, 11) is 0. The van der Waals surface area contributed by atoms with Crippen LogP contribution in [0, 0.1) is 0 Å². The Bertz CT molecular complexity index is 906. The molecule has 1 aromatic carbocycles. The highest BCUT2D eigenvalue weighted by atomic mass is 35.5. The zero-order valence-corrected chi connectivity index (χ0v) is 16.1. The molecular weight excluding hydrogens is 366 g/mol. The molecule has 0 aliphatic carbocycles. The quantitative estimate of drug-likeness (QED) is 0.531. The maximum atomic E-state index is 12.7. The largest absolute Gasteiger partial charge is 0.287 e. The Morgan fingerprint density at radius 1 is 1.27 bits per heavy atom. The van der Waals surface area contributed by atoms with E-state index in [2.05, 4.69) is 9.98 Å². The number of rotatable bonds is 4. The van der Waals surface area contributed by atoms with Gasteiger partial charge in [-0.05, 0) is 55.0 Å². The van der Waals surface area contributed by atoms with E-state index in [-0.39, 0.29) is 5.91 Å². The molecule has 0 atom stereocenters. The van der Waals surface area contributed by atoms with Gasteiger partial charge in [0.2, 0.25) is 0 Å². The first kappa shape index (κ1) is 18.4.